The van der Waals surface area contributed by atoms with E-state index in [9.17, 15) is 9.18 Å². The van der Waals surface area contributed by atoms with Crippen molar-refractivity contribution in [1.82, 2.24) is 9.88 Å². The molecular weight excluding hydrogens is 307 g/mol. The van der Waals surface area contributed by atoms with Gasteiger partial charge in [-0.2, -0.15) is 0 Å². The highest BCUT2D eigenvalue weighted by Crippen LogP contribution is 2.29. The number of amides is 1. The fourth-order valence-corrected chi connectivity index (χ4v) is 2.79. The van der Waals surface area contributed by atoms with Crippen LogP contribution in [0.5, 0.6) is 5.75 Å². The summed E-state index contributed by atoms with van der Waals surface area (Å²) in [5.74, 6) is 0.470. The molecule has 3 aromatic rings. The molecule has 0 aliphatic heterocycles. The number of rotatable bonds is 5. The van der Waals surface area contributed by atoms with Gasteiger partial charge in [0.25, 0.3) is 0 Å². The fourth-order valence-electron chi connectivity index (χ4n) is 2.79. The van der Waals surface area contributed by atoms with E-state index < -0.39 is 0 Å². The smallest absolute Gasteiger partial charge is 0.216 e. The topological polar surface area (TPSA) is 43.3 Å². The van der Waals surface area contributed by atoms with Crippen LogP contribution in [0.15, 0.2) is 48.7 Å². The van der Waals surface area contributed by atoms with Crippen LogP contribution in [0.25, 0.3) is 16.6 Å². The first-order valence-corrected chi connectivity index (χ1v) is 7.77. The Labute approximate surface area is 139 Å². The van der Waals surface area contributed by atoms with Crippen molar-refractivity contribution >= 4 is 16.8 Å². The molecule has 24 heavy (non-hydrogen) atoms. The highest BCUT2D eigenvalue weighted by molar-refractivity contribution is 5.87. The lowest BCUT2D eigenvalue weighted by Crippen LogP contribution is -2.22. The predicted octanol–water partition coefficient (Wildman–Crippen LogP) is 3.46. The number of benzene rings is 2. The van der Waals surface area contributed by atoms with Gasteiger partial charge in [0, 0.05) is 30.7 Å². The molecule has 0 aliphatic rings. The summed E-state index contributed by atoms with van der Waals surface area (Å²) in [4.78, 5) is 11.1. The molecule has 0 fully saturated rings. The predicted molar refractivity (Wildman–Crippen MR) is 92.2 cm³/mol. The van der Waals surface area contributed by atoms with Crippen molar-refractivity contribution in [2.45, 2.75) is 13.3 Å². The van der Waals surface area contributed by atoms with Gasteiger partial charge in [-0.05, 0) is 54.4 Å². The second kappa shape index (κ2) is 6.74. The zero-order chi connectivity index (χ0) is 17.1. The Hall–Kier alpha value is -2.82. The van der Waals surface area contributed by atoms with Gasteiger partial charge in [-0.15, -0.1) is 0 Å². The molecule has 1 N–H and O–H groups in total. The molecule has 0 atom stereocenters. The Morgan fingerprint density at radius 1 is 1.21 bits per heavy atom. The van der Waals surface area contributed by atoms with Crippen LogP contribution in [0.2, 0.25) is 0 Å². The summed E-state index contributed by atoms with van der Waals surface area (Å²) in [5.41, 5.74) is 3.00. The van der Waals surface area contributed by atoms with Gasteiger partial charge in [-0.25, -0.2) is 4.39 Å². The number of nitrogens with one attached hydrogen (secondary N) is 1. The summed E-state index contributed by atoms with van der Waals surface area (Å²) < 4.78 is 20.5. The fraction of sp³-hybridized carbons (Fsp3) is 0.211. The summed E-state index contributed by atoms with van der Waals surface area (Å²) in [5, 5.41) is 3.87. The number of nitrogens with zero attached hydrogens (tertiary/aromatic N) is 1. The molecule has 0 saturated heterocycles. The molecule has 1 amide bonds. The van der Waals surface area contributed by atoms with Crippen LogP contribution in [0.3, 0.4) is 0 Å². The van der Waals surface area contributed by atoms with E-state index in [-0.39, 0.29) is 11.7 Å². The molecule has 5 heteroatoms. The maximum Gasteiger partial charge on any atom is 0.216 e. The Bertz CT molecular complexity index is 869. The van der Waals surface area contributed by atoms with Gasteiger partial charge >= 0.3 is 0 Å². The molecule has 124 valence electrons. The minimum atomic E-state index is -0.261. The van der Waals surface area contributed by atoms with Crippen molar-refractivity contribution in [3.8, 4) is 11.4 Å². The molecule has 0 aliphatic carbocycles. The van der Waals surface area contributed by atoms with E-state index in [1.807, 2.05) is 29.0 Å². The van der Waals surface area contributed by atoms with Crippen molar-refractivity contribution in [1.29, 1.82) is 0 Å². The first-order chi connectivity index (χ1) is 11.6. The Balaban J connectivity index is 2.05. The molecule has 0 spiro atoms. The van der Waals surface area contributed by atoms with Crippen molar-refractivity contribution in [3.63, 3.8) is 0 Å². The van der Waals surface area contributed by atoms with Crippen molar-refractivity contribution in [2.24, 2.45) is 0 Å². The number of fused-ring (bicyclic) bond motifs is 1. The van der Waals surface area contributed by atoms with Crippen LogP contribution >= 0.6 is 0 Å². The van der Waals surface area contributed by atoms with E-state index in [1.165, 1.54) is 19.1 Å². The average molecular weight is 326 g/mol. The number of hydrogen-bond donors (Lipinski definition) is 1. The maximum absolute atomic E-state index is 13.2. The summed E-state index contributed by atoms with van der Waals surface area (Å²) in [6.07, 6.45) is 2.73. The van der Waals surface area contributed by atoms with E-state index in [1.54, 1.807) is 19.2 Å². The zero-order valence-electron chi connectivity index (χ0n) is 13.7. The number of hydrogen-bond acceptors (Lipinski definition) is 2. The van der Waals surface area contributed by atoms with Gasteiger partial charge in [0.2, 0.25) is 5.91 Å². The maximum atomic E-state index is 13.2. The molecule has 1 aromatic heterocycles. The highest BCUT2D eigenvalue weighted by atomic mass is 19.1. The lowest BCUT2D eigenvalue weighted by atomic mass is 10.1. The summed E-state index contributed by atoms with van der Waals surface area (Å²) >= 11 is 0. The quantitative estimate of drug-likeness (QED) is 0.780. The van der Waals surface area contributed by atoms with E-state index in [0.29, 0.717) is 13.0 Å². The Morgan fingerprint density at radius 2 is 1.96 bits per heavy atom. The van der Waals surface area contributed by atoms with Gasteiger partial charge < -0.3 is 14.6 Å². The first kappa shape index (κ1) is 16.1. The van der Waals surface area contributed by atoms with Crippen molar-refractivity contribution in [3.05, 3.63) is 60.0 Å². The van der Waals surface area contributed by atoms with Crippen molar-refractivity contribution in [2.75, 3.05) is 13.7 Å². The highest BCUT2D eigenvalue weighted by Gasteiger charge is 2.11. The van der Waals surface area contributed by atoms with Crippen LogP contribution < -0.4 is 10.1 Å². The van der Waals surface area contributed by atoms with Crippen LogP contribution in [0.4, 0.5) is 4.39 Å². The second-order valence-corrected chi connectivity index (χ2v) is 5.62. The Morgan fingerprint density at radius 3 is 2.62 bits per heavy atom. The third kappa shape index (κ3) is 3.25. The normalized spacial score (nSPS) is 10.8. The van der Waals surface area contributed by atoms with Gasteiger partial charge in [0.1, 0.15) is 11.6 Å². The number of halogens is 1. The molecule has 0 unspecified atom stereocenters. The summed E-state index contributed by atoms with van der Waals surface area (Å²) in [6, 6.07) is 12.3. The van der Waals surface area contributed by atoms with Crippen LogP contribution in [0, 0.1) is 5.82 Å². The minimum absolute atomic E-state index is 0.0464. The number of ether oxygens (including phenoxy) is 1. The first-order valence-electron chi connectivity index (χ1n) is 7.77. The molecule has 0 radical (unpaired) electrons. The van der Waals surface area contributed by atoms with E-state index >= 15 is 0 Å². The van der Waals surface area contributed by atoms with E-state index in [4.69, 9.17) is 4.74 Å². The summed E-state index contributed by atoms with van der Waals surface area (Å²) in [6.45, 7) is 2.07. The SMILES string of the molecule is COc1ccc2c(c1)c(CCNC(C)=O)cn2-c1ccc(F)cc1. The van der Waals surface area contributed by atoms with Gasteiger partial charge in [-0.1, -0.05) is 0 Å². The lowest BCUT2D eigenvalue weighted by molar-refractivity contribution is -0.118. The van der Waals surface area contributed by atoms with Gasteiger partial charge in [-0.3, -0.25) is 4.79 Å². The van der Waals surface area contributed by atoms with Crippen LogP contribution in [0.1, 0.15) is 12.5 Å². The Kier molecular flexibility index (Phi) is 4.51. The molecular formula is C19H19FN2O2. The second-order valence-electron chi connectivity index (χ2n) is 5.62. The molecule has 4 nitrogen and oxygen atoms in total. The van der Waals surface area contributed by atoms with E-state index in [2.05, 4.69) is 5.32 Å². The average Bonchev–Trinajstić information content (AvgIpc) is 2.93. The lowest BCUT2D eigenvalue weighted by Gasteiger charge is -2.06. The van der Waals surface area contributed by atoms with Crippen LogP contribution in [-0.2, 0) is 11.2 Å². The monoisotopic (exact) mass is 326 g/mol. The number of carbonyl (C=O) groups excluding carboxylic acids is 1. The third-order valence-corrected chi connectivity index (χ3v) is 3.97. The van der Waals surface area contributed by atoms with Crippen LogP contribution in [-0.4, -0.2) is 24.1 Å². The van der Waals surface area contributed by atoms with Crippen molar-refractivity contribution < 1.29 is 13.9 Å². The number of methoxy groups -OCH3 is 1. The molecule has 0 bridgehead atoms. The van der Waals surface area contributed by atoms with Gasteiger partial charge in [0.05, 0.1) is 12.6 Å². The molecule has 0 saturated carbocycles. The van der Waals surface area contributed by atoms with E-state index in [0.717, 1.165) is 27.9 Å². The largest absolute Gasteiger partial charge is 0.497 e. The standard InChI is InChI=1S/C19H19FN2O2/c1-13(23)21-10-9-14-12-22(16-5-3-15(20)4-6-16)19-8-7-17(24-2)11-18(14)19/h3-8,11-12H,9-10H2,1-2H3,(H,21,23). The number of carbonyl (C=O) groups is 1. The molecule has 1 heterocycles. The molecule has 2 aromatic carbocycles. The minimum Gasteiger partial charge on any atom is -0.497 e. The summed E-state index contributed by atoms with van der Waals surface area (Å²) in [7, 11) is 1.63. The van der Waals surface area contributed by atoms with Gasteiger partial charge in [0.15, 0.2) is 0 Å². The molecule has 3 rings (SSSR count). The number of aromatic nitrogens is 1. The zero-order valence-corrected chi connectivity index (χ0v) is 13.7. The third-order valence-electron chi connectivity index (χ3n) is 3.97.